The highest BCUT2D eigenvalue weighted by Crippen LogP contribution is 2.25. The molecular weight excluding hydrogens is 260 g/mol. The molecule has 0 aliphatic carbocycles. The third-order valence-electron chi connectivity index (χ3n) is 2.62. The molecule has 1 heterocycles. The van der Waals surface area contributed by atoms with Crippen LogP contribution in [0.25, 0.3) is 0 Å². The van der Waals surface area contributed by atoms with Crippen LogP contribution in [0.1, 0.15) is 16.1 Å². The zero-order valence-corrected chi connectivity index (χ0v) is 10.7. The monoisotopic (exact) mass is 272 g/mol. The van der Waals surface area contributed by atoms with Crippen molar-refractivity contribution in [2.45, 2.75) is 6.92 Å². The Morgan fingerprint density at radius 1 is 1.35 bits per heavy atom. The van der Waals surface area contributed by atoms with Crippen molar-refractivity contribution in [3.05, 3.63) is 57.9 Å². The molecule has 0 spiro atoms. The lowest BCUT2D eigenvalue weighted by molar-refractivity contribution is -0.384. The second-order valence-electron chi connectivity index (χ2n) is 4.21. The molecule has 0 aliphatic heterocycles. The van der Waals surface area contributed by atoms with E-state index in [0.717, 1.165) is 5.56 Å². The number of amides is 1. The van der Waals surface area contributed by atoms with Crippen LogP contribution in [-0.2, 0) is 0 Å². The number of carbonyl (C=O) groups excluding carboxylic acids is 1. The molecule has 0 radical (unpaired) electrons. The summed E-state index contributed by atoms with van der Waals surface area (Å²) in [5.74, 6) is -0.531. The molecule has 1 aromatic carbocycles. The quantitative estimate of drug-likeness (QED) is 0.656. The molecule has 1 aromatic heterocycles. The number of nitrogens with zero attached hydrogens (tertiary/aromatic N) is 2. The number of nitro benzene ring substituents is 1. The first kappa shape index (κ1) is 13.5. The van der Waals surface area contributed by atoms with Gasteiger partial charge in [0.1, 0.15) is 11.4 Å². The van der Waals surface area contributed by atoms with Crippen LogP contribution in [0.2, 0.25) is 0 Å². The first-order valence-electron chi connectivity index (χ1n) is 5.75. The number of nitro groups is 1. The van der Waals surface area contributed by atoms with Crippen molar-refractivity contribution in [1.29, 1.82) is 0 Å². The minimum Gasteiger partial charge on any atom is -0.397 e. The van der Waals surface area contributed by atoms with Gasteiger partial charge in [0, 0.05) is 6.07 Å². The standard InChI is InChI=1S/C13H12N4O3/c1-8-2-4-10(12(6-8)17(19)20)16-13(18)11-5-3-9(14)7-15-11/h2-7H,14H2,1H3,(H,16,18). The van der Waals surface area contributed by atoms with Gasteiger partial charge in [-0.2, -0.15) is 0 Å². The van der Waals surface area contributed by atoms with E-state index in [4.69, 9.17) is 5.73 Å². The van der Waals surface area contributed by atoms with Gasteiger partial charge >= 0.3 is 0 Å². The number of aryl methyl sites for hydroxylation is 1. The molecule has 0 unspecified atom stereocenters. The SMILES string of the molecule is Cc1ccc(NC(=O)c2ccc(N)cn2)c([N+](=O)[O-])c1. The molecule has 0 aliphatic rings. The van der Waals surface area contributed by atoms with Gasteiger partial charge in [-0.25, -0.2) is 4.98 Å². The molecular formula is C13H12N4O3. The zero-order valence-electron chi connectivity index (χ0n) is 10.7. The molecule has 0 fully saturated rings. The fourth-order valence-corrected chi connectivity index (χ4v) is 1.62. The van der Waals surface area contributed by atoms with E-state index in [1.807, 2.05) is 0 Å². The molecule has 3 N–H and O–H groups in total. The zero-order chi connectivity index (χ0) is 14.7. The van der Waals surface area contributed by atoms with Crippen LogP contribution >= 0.6 is 0 Å². The van der Waals surface area contributed by atoms with E-state index in [9.17, 15) is 14.9 Å². The summed E-state index contributed by atoms with van der Waals surface area (Å²) < 4.78 is 0. The Bertz CT molecular complexity index is 668. The van der Waals surface area contributed by atoms with Gasteiger partial charge in [-0.3, -0.25) is 14.9 Å². The van der Waals surface area contributed by atoms with Crippen molar-refractivity contribution in [2.75, 3.05) is 11.1 Å². The second-order valence-corrected chi connectivity index (χ2v) is 4.21. The third-order valence-corrected chi connectivity index (χ3v) is 2.62. The summed E-state index contributed by atoms with van der Waals surface area (Å²) in [5.41, 5.74) is 6.75. The van der Waals surface area contributed by atoms with E-state index in [1.165, 1.54) is 30.5 Å². The van der Waals surface area contributed by atoms with Crippen LogP contribution in [0.3, 0.4) is 0 Å². The molecule has 2 rings (SSSR count). The van der Waals surface area contributed by atoms with E-state index < -0.39 is 10.8 Å². The lowest BCUT2D eigenvalue weighted by Gasteiger charge is -2.06. The maximum atomic E-state index is 11.9. The number of anilines is 2. The number of nitrogens with two attached hydrogens (primary N) is 1. The maximum absolute atomic E-state index is 11.9. The Labute approximate surface area is 114 Å². The summed E-state index contributed by atoms with van der Waals surface area (Å²) in [5, 5.41) is 13.4. The summed E-state index contributed by atoms with van der Waals surface area (Å²) in [4.78, 5) is 26.2. The van der Waals surface area contributed by atoms with Gasteiger partial charge in [-0.15, -0.1) is 0 Å². The molecule has 0 saturated carbocycles. The number of aromatic nitrogens is 1. The number of hydrogen-bond donors (Lipinski definition) is 2. The van der Waals surface area contributed by atoms with Gasteiger partial charge in [0.05, 0.1) is 16.8 Å². The normalized spacial score (nSPS) is 10.1. The first-order chi connectivity index (χ1) is 9.47. The summed E-state index contributed by atoms with van der Waals surface area (Å²) >= 11 is 0. The van der Waals surface area contributed by atoms with E-state index in [0.29, 0.717) is 5.69 Å². The van der Waals surface area contributed by atoms with Crippen molar-refractivity contribution in [3.63, 3.8) is 0 Å². The van der Waals surface area contributed by atoms with Gasteiger partial charge in [-0.05, 0) is 30.7 Å². The molecule has 7 heteroatoms. The fourth-order valence-electron chi connectivity index (χ4n) is 1.62. The second kappa shape index (κ2) is 5.35. The van der Waals surface area contributed by atoms with E-state index in [2.05, 4.69) is 10.3 Å². The Morgan fingerprint density at radius 3 is 2.70 bits per heavy atom. The van der Waals surface area contributed by atoms with E-state index in [1.54, 1.807) is 13.0 Å². The van der Waals surface area contributed by atoms with Crippen molar-refractivity contribution in [2.24, 2.45) is 0 Å². The maximum Gasteiger partial charge on any atom is 0.293 e. The number of pyridine rings is 1. The third kappa shape index (κ3) is 2.89. The molecule has 0 atom stereocenters. The van der Waals surface area contributed by atoms with Gasteiger partial charge in [0.2, 0.25) is 0 Å². The Kier molecular flexibility index (Phi) is 3.60. The molecule has 2 aromatic rings. The summed E-state index contributed by atoms with van der Waals surface area (Å²) in [6.07, 6.45) is 1.35. The van der Waals surface area contributed by atoms with Crippen LogP contribution in [0.5, 0.6) is 0 Å². The van der Waals surface area contributed by atoms with Crippen molar-refractivity contribution >= 4 is 23.0 Å². The van der Waals surface area contributed by atoms with Gasteiger partial charge < -0.3 is 11.1 Å². The predicted octanol–water partition coefficient (Wildman–Crippen LogP) is 2.13. The topological polar surface area (TPSA) is 111 Å². The van der Waals surface area contributed by atoms with Crippen LogP contribution < -0.4 is 11.1 Å². The van der Waals surface area contributed by atoms with Crippen LogP contribution in [0.15, 0.2) is 36.5 Å². The average Bonchev–Trinajstić information content (AvgIpc) is 2.41. The number of carbonyl (C=O) groups is 1. The Hall–Kier alpha value is -2.96. The van der Waals surface area contributed by atoms with E-state index >= 15 is 0 Å². The van der Waals surface area contributed by atoms with Crippen molar-refractivity contribution in [1.82, 2.24) is 4.98 Å². The molecule has 1 amide bonds. The Morgan fingerprint density at radius 2 is 2.10 bits per heavy atom. The largest absolute Gasteiger partial charge is 0.397 e. The first-order valence-corrected chi connectivity index (χ1v) is 5.75. The molecule has 0 saturated heterocycles. The number of nitrogens with one attached hydrogen (secondary N) is 1. The van der Waals surface area contributed by atoms with Crippen LogP contribution in [0.4, 0.5) is 17.1 Å². The summed E-state index contributed by atoms with van der Waals surface area (Å²) in [6, 6.07) is 7.55. The lowest BCUT2D eigenvalue weighted by atomic mass is 10.2. The molecule has 0 bridgehead atoms. The predicted molar refractivity (Wildman–Crippen MR) is 74.4 cm³/mol. The van der Waals surface area contributed by atoms with Gasteiger partial charge in [-0.1, -0.05) is 6.07 Å². The minimum atomic E-state index is -0.543. The smallest absolute Gasteiger partial charge is 0.293 e. The van der Waals surface area contributed by atoms with Crippen LogP contribution in [-0.4, -0.2) is 15.8 Å². The summed E-state index contributed by atoms with van der Waals surface area (Å²) in [6.45, 7) is 1.74. The number of nitrogen functional groups attached to an aromatic ring is 1. The van der Waals surface area contributed by atoms with Crippen molar-refractivity contribution < 1.29 is 9.72 Å². The highest BCUT2D eigenvalue weighted by atomic mass is 16.6. The van der Waals surface area contributed by atoms with Crippen molar-refractivity contribution in [3.8, 4) is 0 Å². The lowest BCUT2D eigenvalue weighted by Crippen LogP contribution is -2.14. The summed E-state index contributed by atoms with van der Waals surface area (Å²) in [7, 11) is 0. The average molecular weight is 272 g/mol. The Balaban J connectivity index is 2.28. The highest BCUT2D eigenvalue weighted by molar-refractivity contribution is 6.04. The molecule has 7 nitrogen and oxygen atoms in total. The van der Waals surface area contributed by atoms with Gasteiger partial charge in [0.15, 0.2) is 0 Å². The number of hydrogen-bond acceptors (Lipinski definition) is 5. The minimum absolute atomic E-state index is 0.129. The highest BCUT2D eigenvalue weighted by Gasteiger charge is 2.17. The van der Waals surface area contributed by atoms with E-state index in [-0.39, 0.29) is 17.1 Å². The molecule has 20 heavy (non-hydrogen) atoms. The fraction of sp³-hybridized carbons (Fsp3) is 0.0769. The van der Waals surface area contributed by atoms with Gasteiger partial charge in [0.25, 0.3) is 11.6 Å². The molecule has 102 valence electrons. The van der Waals surface area contributed by atoms with Crippen LogP contribution in [0, 0.1) is 17.0 Å². The number of benzene rings is 1. The number of rotatable bonds is 3.